The molecule has 10 unspecified atom stereocenters. The molecule has 0 aromatic rings. The summed E-state index contributed by atoms with van der Waals surface area (Å²) in [5.41, 5.74) is 7.95. The zero-order valence-corrected chi connectivity index (χ0v) is 37.0. The van der Waals surface area contributed by atoms with Crippen molar-refractivity contribution in [2.24, 2.45) is 46.8 Å². The van der Waals surface area contributed by atoms with E-state index in [0.717, 1.165) is 59.7 Å². The van der Waals surface area contributed by atoms with Gasteiger partial charge in [0.1, 0.15) is 0 Å². The van der Waals surface area contributed by atoms with Crippen LogP contribution in [0.25, 0.3) is 0 Å². The van der Waals surface area contributed by atoms with Crippen molar-refractivity contribution < 1.29 is 0 Å². The maximum atomic E-state index is 3.30. The Balaban J connectivity index is 0.962. The second kappa shape index (κ2) is 15.9. The van der Waals surface area contributed by atoms with E-state index in [1.807, 2.05) is 16.1 Å². The first kappa shape index (κ1) is 38.0. The van der Waals surface area contributed by atoms with E-state index in [-0.39, 0.29) is 0 Å². The quantitative estimate of drug-likeness (QED) is 0.247. The molecule has 11 atom stereocenters. The highest BCUT2D eigenvalue weighted by Crippen LogP contribution is 2.75. The number of thioether (sulfide) groups is 1. The zero-order valence-electron chi connectivity index (χ0n) is 36.1. The van der Waals surface area contributed by atoms with Gasteiger partial charge in [-0.25, -0.2) is 0 Å². The van der Waals surface area contributed by atoms with Crippen molar-refractivity contribution in [2.45, 2.75) is 210 Å². The third-order valence-corrected chi connectivity index (χ3v) is 21.0. The molecule has 0 amide bonds. The fourth-order valence-electron chi connectivity index (χ4n) is 17.8. The van der Waals surface area contributed by atoms with Crippen molar-refractivity contribution in [1.82, 2.24) is 9.80 Å². The molecule has 2 nitrogen and oxygen atoms in total. The van der Waals surface area contributed by atoms with E-state index in [2.05, 4.69) is 75.7 Å². The van der Waals surface area contributed by atoms with Gasteiger partial charge in [-0.2, -0.15) is 0 Å². The third-order valence-electron chi connectivity index (χ3n) is 19.6. The maximum absolute atomic E-state index is 3.30. The summed E-state index contributed by atoms with van der Waals surface area (Å²) in [5.74, 6) is 5.75. The fourth-order valence-corrected chi connectivity index (χ4v) is 19.3. The summed E-state index contributed by atoms with van der Waals surface area (Å²) in [6.07, 6.45) is 61.4. The average Bonchev–Trinajstić information content (AvgIpc) is 3.93. The monoisotopic (exact) mass is 797 g/mol. The fraction of sp³-hybridized carbons (Fsp3) is 0.745. The van der Waals surface area contributed by atoms with Crippen LogP contribution in [0.4, 0.5) is 0 Å². The van der Waals surface area contributed by atoms with Gasteiger partial charge in [0.2, 0.25) is 0 Å². The van der Waals surface area contributed by atoms with Crippen LogP contribution in [0.1, 0.15) is 180 Å². The number of nitrogens with zero attached hydrogens (tertiary/aromatic N) is 2. The molecule has 0 N–H and O–H groups in total. The van der Waals surface area contributed by atoms with Gasteiger partial charge >= 0.3 is 0 Å². The van der Waals surface area contributed by atoms with Gasteiger partial charge in [0.25, 0.3) is 0 Å². The highest BCUT2D eigenvalue weighted by Gasteiger charge is 2.70. The van der Waals surface area contributed by atoms with Gasteiger partial charge in [0.15, 0.2) is 0 Å². The lowest BCUT2D eigenvalue weighted by Gasteiger charge is -2.53. The molecular weight excluding hydrogens is 721 g/mol. The molecule has 1 aliphatic heterocycles. The van der Waals surface area contributed by atoms with Crippen LogP contribution in [-0.4, -0.2) is 40.0 Å². The molecule has 0 radical (unpaired) electrons. The van der Waals surface area contributed by atoms with E-state index in [1.165, 1.54) is 180 Å². The molecule has 11 aliphatic carbocycles. The largest absolute Gasteiger partial charge is 0.365 e. The molecule has 3 heteroatoms. The van der Waals surface area contributed by atoms with Crippen LogP contribution in [0, 0.1) is 46.8 Å². The first-order valence-electron chi connectivity index (χ1n) is 25.9. The second-order valence-electron chi connectivity index (χ2n) is 21.9. The van der Waals surface area contributed by atoms with Gasteiger partial charge in [0, 0.05) is 52.1 Å². The molecular formula is C55H76N2S. The van der Waals surface area contributed by atoms with E-state index >= 15 is 0 Å². The number of hydrogen-bond donors (Lipinski definition) is 0. The molecule has 312 valence electrons. The van der Waals surface area contributed by atoms with E-state index < -0.39 is 0 Å². The number of rotatable bonds is 6. The average molecular weight is 797 g/mol. The van der Waals surface area contributed by atoms with Crippen LogP contribution < -0.4 is 0 Å². The van der Waals surface area contributed by atoms with E-state index in [1.54, 1.807) is 10.6 Å². The van der Waals surface area contributed by atoms with E-state index in [9.17, 15) is 0 Å². The van der Waals surface area contributed by atoms with Crippen LogP contribution in [0.15, 0.2) is 80.8 Å². The molecule has 58 heavy (non-hydrogen) atoms. The molecule has 12 rings (SSSR count). The molecule has 5 saturated carbocycles. The number of allylic oxidation sites excluding steroid dienone is 10. The molecule has 0 aromatic carbocycles. The number of hydrogen-bond acceptors (Lipinski definition) is 3. The predicted octanol–water partition coefficient (Wildman–Crippen LogP) is 14.5. The van der Waals surface area contributed by atoms with Crippen molar-refractivity contribution in [3.63, 3.8) is 0 Å². The lowest BCUT2D eigenvalue weighted by atomic mass is 9.54. The minimum Gasteiger partial charge on any atom is -0.365 e. The second-order valence-corrected chi connectivity index (χ2v) is 23.1. The molecule has 5 fully saturated rings. The van der Waals surface area contributed by atoms with Gasteiger partial charge in [-0.1, -0.05) is 123 Å². The Labute approximate surface area is 357 Å². The SMILES string of the molecule is C1=CC2C(CC1)C1=C(CC(N(C3CC=CCC3)C3CCCCC3)C=C1)C21C2CCCC(N(C3=C4SC5=C(CCCC5)C4CC=C3)C3CCCCC3)C2C2CCCC[C@H]21. The van der Waals surface area contributed by atoms with Gasteiger partial charge in [0.05, 0.1) is 0 Å². The zero-order chi connectivity index (χ0) is 38.2. The van der Waals surface area contributed by atoms with Crippen LogP contribution in [-0.2, 0) is 0 Å². The van der Waals surface area contributed by atoms with Crippen LogP contribution in [0.2, 0.25) is 0 Å². The first-order valence-corrected chi connectivity index (χ1v) is 26.7. The summed E-state index contributed by atoms with van der Waals surface area (Å²) in [5, 5.41) is 0. The van der Waals surface area contributed by atoms with E-state index in [4.69, 9.17) is 0 Å². The lowest BCUT2D eigenvalue weighted by Crippen LogP contribution is -2.53. The van der Waals surface area contributed by atoms with Crippen molar-refractivity contribution >= 4 is 11.8 Å². The van der Waals surface area contributed by atoms with Gasteiger partial charge < -0.3 is 4.90 Å². The topological polar surface area (TPSA) is 6.48 Å². The molecule has 0 bridgehead atoms. The Bertz CT molecular complexity index is 1790. The Kier molecular flexibility index (Phi) is 10.4. The minimum atomic E-state index is 0.392. The molecule has 1 spiro atoms. The van der Waals surface area contributed by atoms with Crippen molar-refractivity contribution in [3.05, 3.63) is 80.8 Å². The standard InChI is InChI=1S/C55H76N2S/c1-4-18-37(19-5-1)56(38-20-6-2-7-21-38)40-34-35-42-41-24-10-13-28-46(41)55(49(42)36-40)47-29-14-11-26-45(47)53-48(55)30-17-31-50(53)57(39-22-8-3-9-23-39)51-32-16-27-44-43-25-12-15-33-52(43)58-54(44)51/h1,4,13,16,28,32,34-35,37-41,44-48,50,53H,2-3,5-12,14-15,17-27,29-31,33,36H2/t37?,40?,41?,44?,45?,46?,47-,48?,50?,53?,55?/m1/s1. The number of fused-ring (bicyclic) bond motifs is 11. The third kappa shape index (κ3) is 6.00. The molecule has 1 heterocycles. The minimum absolute atomic E-state index is 0.392. The first-order chi connectivity index (χ1) is 28.8. The van der Waals surface area contributed by atoms with Crippen molar-refractivity contribution in [2.75, 3.05) is 0 Å². The Morgan fingerprint density at radius 1 is 0.603 bits per heavy atom. The highest BCUT2D eigenvalue weighted by molar-refractivity contribution is 8.07. The Hall–Kier alpha value is -1.71. The molecule has 12 aliphatic rings. The van der Waals surface area contributed by atoms with Crippen molar-refractivity contribution in [1.29, 1.82) is 0 Å². The van der Waals surface area contributed by atoms with Gasteiger partial charge in [-0.3, -0.25) is 4.90 Å². The Morgan fingerprint density at radius 2 is 1.40 bits per heavy atom. The smallest absolute Gasteiger partial charge is 0.0474 e. The summed E-state index contributed by atoms with van der Waals surface area (Å²) >= 11 is 2.30. The Morgan fingerprint density at radius 3 is 2.26 bits per heavy atom. The van der Waals surface area contributed by atoms with E-state index in [0.29, 0.717) is 17.4 Å². The van der Waals surface area contributed by atoms with Crippen LogP contribution in [0.3, 0.4) is 0 Å². The summed E-state index contributed by atoms with van der Waals surface area (Å²) in [6.45, 7) is 0. The van der Waals surface area contributed by atoms with Crippen LogP contribution in [0.5, 0.6) is 0 Å². The summed E-state index contributed by atoms with van der Waals surface area (Å²) in [4.78, 5) is 10.1. The van der Waals surface area contributed by atoms with Crippen LogP contribution >= 0.6 is 11.8 Å². The summed E-state index contributed by atoms with van der Waals surface area (Å²) < 4.78 is 0. The molecule has 0 aromatic heterocycles. The molecule has 0 saturated heterocycles. The normalized spacial score (nSPS) is 42.5. The maximum Gasteiger partial charge on any atom is 0.0474 e. The van der Waals surface area contributed by atoms with Gasteiger partial charge in [-0.15, -0.1) is 0 Å². The lowest BCUT2D eigenvalue weighted by molar-refractivity contribution is 0.0134. The summed E-state index contributed by atoms with van der Waals surface area (Å²) in [6, 6.07) is 3.61. The summed E-state index contributed by atoms with van der Waals surface area (Å²) in [7, 11) is 0. The predicted molar refractivity (Wildman–Crippen MR) is 244 cm³/mol. The highest BCUT2D eigenvalue weighted by atomic mass is 32.2. The van der Waals surface area contributed by atoms with Crippen molar-refractivity contribution in [3.8, 4) is 0 Å². The van der Waals surface area contributed by atoms with Gasteiger partial charge in [-0.05, 0) is 174 Å².